The van der Waals surface area contributed by atoms with Crippen molar-refractivity contribution < 1.29 is 0 Å². The second kappa shape index (κ2) is 4.42. The molecular formula is C10H16Cl2P2. The van der Waals surface area contributed by atoms with E-state index in [2.05, 4.69) is 34.6 Å². The SMILES string of the molecule is CC1=PC(C)(C(C)P(Cl)Cl)C(C)=C1C. The second-order valence-corrected chi connectivity index (χ2v) is 9.85. The molecule has 0 saturated heterocycles. The molecule has 0 fully saturated rings. The highest BCUT2D eigenvalue weighted by Gasteiger charge is 2.39. The van der Waals surface area contributed by atoms with Gasteiger partial charge in [-0.25, -0.2) is 0 Å². The Labute approximate surface area is 99.2 Å². The van der Waals surface area contributed by atoms with Crippen molar-refractivity contribution in [2.45, 2.75) is 45.4 Å². The molecule has 0 bridgehead atoms. The minimum absolute atomic E-state index is 0.156. The predicted molar refractivity (Wildman–Crippen MR) is 72.5 cm³/mol. The van der Waals surface area contributed by atoms with E-state index in [0.717, 1.165) is 0 Å². The van der Waals surface area contributed by atoms with E-state index in [1.807, 2.05) is 0 Å². The van der Waals surface area contributed by atoms with Crippen LogP contribution in [-0.2, 0) is 0 Å². The monoisotopic (exact) mass is 268 g/mol. The molecule has 0 N–H and O–H groups in total. The molecule has 0 aromatic heterocycles. The first-order valence-corrected chi connectivity index (χ1v) is 8.77. The maximum atomic E-state index is 6.05. The van der Waals surface area contributed by atoms with Gasteiger partial charge in [0.15, 0.2) is 0 Å². The number of allylic oxidation sites excluding steroid dienone is 2. The quantitative estimate of drug-likeness (QED) is 0.588. The van der Waals surface area contributed by atoms with Gasteiger partial charge < -0.3 is 0 Å². The first-order chi connectivity index (χ1) is 6.30. The van der Waals surface area contributed by atoms with Crippen LogP contribution in [-0.4, -0.2) is 16.1 Å². The van der Waals surface area contributed by atoms with Gasteiger partial charge in [-0.2, -0.15) is 0 Å². The Morgan fingerprint density at radius 1 is 1.29 bits per heavy atom. The van der Waals surface area contributed by atoms with Gasteiger partial charge in [0.25, 0.3) is 0 Å². The number of halogens is 2. The van der Waals surface area contributed by atoms with Crippen LogP contribution < -0.4 is 0 Å². The zero-order chi connectivity index (χ0) is 11.1. The highest BCUT2D eigenvalue weighted by atomic mass is 35.9. The van der Waals surface area contributed by atoms with Crippen LogP contribution in [0.4, 0.5) is 0 Å². The minimum Gasteiger partial charge on any atom is -0.0892 e. The summed E-state index contributed by atoms with van der Waals surface area (Å²) in [6.45, 7) is 10.1. The first-order valence-electron chi connectivity index (χ1n) is 4.66. The molecule has 1 aliphatic rings. The third-order valence-corrected chi connectivity index (χ3v) is 8.29. The Morgan fingerprint density at radius 2 is 1.79 bits per heavy atom. The first kappa shape index (κ1) is 13.0. The summed E-state index contributed by atoms with van der Waals surface area (Å²) in [5, 5.41) is 1.62. The number of hydrogen-bond acceptors (Lipinski definition) is 0. The molecule has 1 heterocycles. The smallest absolute Gasteiger partial charge is 0.0892 e. The maximum absolute atomic E-state index is 6.05. The third kappa shape index (κ3) is 2.05. The highest BCUT2D eigenvalue weighted by molar-refractivity contribution is 8.04. The molecule has 1 rings (SSSR count). The fraction of sp³-hybridized carbons (Fsp3) is 0.700. The molecule has 1 aliphatic heterocycles. The lowest BCUT2D eigenvalue weighted by Crippen LogP contribution is -2.28. The van der Waals surface area contributed by atoms with Crippen LogP contribution in [0.15, 0.2) is 11.1 Å². The molecule has 0 aromatic rings. The van der Waals surface area contributed by atoms with E-state index in [0.29, 0.717) is 5.66 Å². The summed E-state index contributed by atoms with van der Waals surface area (Å²) < 4.78 is 0. The van der Waals surface area contributed by atoms with Gasteiger partial charge in [0.05, 0.1) is 6.63 Å². The Balaban J connectivity index is 3.10. The molecule has 80 valence electrons. The molecule has 0 amide bonds. The van der Waals surface area contributed by atoms with Crippen molar-refractivity contribution in [1.29, 1.82) is 0 Å². The summed E-state index contributed by atoms with van der Waals surface area (Å²) in [6, 6.07) is 0. The van der Waals surface area contributed by atoms with E-state index >= 15 is 0 Å². The summed E-state index contributed by atoms with van der Waals surface area (Å²) in [6.07, 6.45) is 0. The van der Waals surface area contributed by atoms with Crippen molar-refractivity contribution in [2.75, 3.05) is 0 Å². The van der Waals surface area contributed by atoms with Gasteiger partial charge in [0.2, 0.25) is 0 Å². The third-order valence-electron chi connectivity index (χ3n) is 3.37. The molecule has 2 unspecified atom stereocenters. The Hall–Kier alpha value is 0.920. The molecule has 0 nitrogen and oxygen atoms in total. The molecule has 0 aromatic carbocycles. The topological polar surface area (TPSA) is 0 Å². The lowest BCUT2D eigenvalue weighted by atomic mass is 9.93. The van der Waals surface area contributed by atoms with Crippen LogP contribution in [0.1, 0.15) is 34.6 Å². The molecule has 0 spiro atoms. The summed E-state index contributed by atoms with van der Waals surface area (Å²) in [7, 11) is 1.38. The van der Waals surface area contributed by atoms with Crippen LogP contribution in [0.2, 0.25) is 0 Å². The molecule has 0 radical (unpaired) electrons. The Kier molecular flexibility index (Phi) is 4.10. The summed E-state index contributed by atoms with van der Waals surface area (Å²) >= 11 is 12.1. The van der Waals surface area contributed by atoms with Gasteiger partial charge in [-0.3, -0.25) is 0 Å². The van der Waals surface area contributed by atoms with Crippen LogP contribution in [0.5, 0.6) is 0 Å². The largest absolute Gasteiger partial charge is 0.0898 e. The van der Waals surface area contributed by atoms with Gasteiger partial charge in [-0.1, -0.05) is 43.2 Å². The predicted octanol–water partition coefficient (Wildman–Crippen LogP) is 5.41. The number of hydrogen-bond donors (Lipinski definition) is 0. The van der Waals surface area contributed by atoms with Crippen LogP contribution in [0.3, 0.4) is 0 Å². The standard InChI is InChI=1S/C10H16Cl2P2/c1-6-7(2)10(5,13-8(6)3)9(4)14(11)12/h9H,1-5H3. The molecule has 2 atom stereocenters. The fourth-order valence-corrected chi connectivity index (χ4v) is 5.99. The summed E-state index contributed by atoms with van der Waals surface area (Å²) in [4.78, 5) is 0. The molecule has 4 heteroatoms. The van der Waals surface area contributed by atoms with E-state index < -0.39 is 6.63 Å². The van der Waals surface area contributed by atoms with Crippen molar-refractivity contribution in [2.24, 2.45) is 0 Å². The molecule has 0 saturated carbocycles. The maximum Gasteiger partial charge on any atom is 0.0898 e. The zero-order valence-electron chi connectivity index (χ0n) is 9.23. The second-order valence-electron chi connectivity index (χ2n) is 4.03. The average molecular weight is 269 g/mol. The Bertz CT molecular complexity index is 307. The van der Waals surface area contributed by atoms with Crippen LogP contribution in [0.25, 0.3) is 0 Å². The van der Waals surface area contributed by atoms with Crippen molar-refractivity contribution in [1.82, 2.24) is 0 Å². The molecular weight excluding hydrogens is 253 g/mol. The van der Waals surface area contributed by atoms with Crippen molar-refractivity contribution in [3.63, 3.8) is 0 Å². The lowest BCUT2D eigenvalue weighted by Gasteiger charge is -2.31. The van der Waals surface area contributed by atoms with E-state index in [4.69, 9.17) is 22.5 Å². The molecule has 0 aliphatic carbocycles. The van der Waals surface area contributed by atoms with Gasteiger partial charge >= 0.3 is 0 Å². The normalized spacial score (nSPS) is 31.0. The number of rotatable bonds is 2. The van der Waals surface area contributed by atoms with Gasteiger partial charge in [-0.15, -0.1) is 0 Å². The van der Waals surface area contributed by atoms with Crippen LogP contribution >= 0.6 is 37.3 Å². The van der Waals surface area contributed by atoms with Crippen molar-refractivity contribution in [3.05, 3.63) is 11.1 Å². The average Bonchev–Trinajstić information content (AvgIpc) is 2.30. The van der Waals surface area contributed by atoms with Crippen molar-refractivity contribution >= 4 is 42.6 Å². The summed E-state index contributed by atoms with van der Waals surface area (Å²) in [5.41, 5.74) is 3.25. The van der Waals surface area contributed by atoms with Crippen molar-refractivity contribution in [3.8, 4) is 0 Å². The Morgan fingerprint density at radius 3 is 2.07 bits per heavy atom. The van der Waals surface area contributed by atoms with E-state index in [-0.39, 0.29) is 5.16 Å². The van der Waals surface area contributed by atoms with Gasteiger partial charge in [0.1, 0.15) is 0 Å². The van der Waals surface area contributed by atoms with Gasteiger partial charge in [-0.05, 0) is 38.6 Å². The highest BCUT2D eigenvalue weighted by Crippen LogP contribution is 2.61. The van der Waals surface area contributed by atoms with E-state index in [1.54, 1.807) is 0 Å². The van der Waals surface area contributed by atoms with Crippen LogP contribution in [0, 0.1) is 0 Å². The zero-order valence-corrected chi connectivity index (χ0v) is 12.5. The molecule has 14 heavy (non-hydrogen) atoms. The minimum atomic E-state index is -0.896. The van der Waals surface area contributed by atoms with Gasteiger partial charge in [0, 0.05) is 10.8 Å². The fourth-order valence-electron chi connectivity index (χ4n) is 1.76. The van der Waals surface area contributed by atoms with E-state index in [1.165, 1.54) is 24.6 Å². The summed E-state index contributed by atoms with van der Waals surface area (Å²) in [5.74, 6) is 0. The van der Waals surface area contributed by atoms with E-state index in [9.17, 15) is 0 Å². The lowest BCUT2D eigenvalue weighted by molar-refractivity contribution is 0.724.